The van der Waals surface area contributed by atoms with Crippen LogP contribution in [0.4, 0.5) is 0 Å². The molecule has 0 radical (unpaired) electrons. The lowest BCUT2D eigenvalue weighted by Crippen LogP contribution is -2.16. The fraction of sp³-hybridized carbons (Fsp3) is 0.625. The number of hydrogen-bond acceptors (Lipinski definition) is 3. The molecular weight excluding hydrogens is 238 g/mol. The molecule has 2 rings (SSSR count). The Kier molecular flexibility index (Phi) is 5.67. The van der Waals surface area contributed by atoms with Gasteiger partial charge in [-0.05, 0) is 32.4 Å². The van der Waals surface area contributed by atoms with E-state index in [1.54, 1.807) is 0 Å². The topological polar surface area (TPSA) is 30.5 Å². The minimum atomic E-state index is 0.553. The van der Waals surface area contributed by atoms with Crippen molar-refractivity contribution in [1.82, 2.24) is 5.32 Å². The minimum Gasteiger partial charge on any atom is -0.493 e. The molecule has 1 aromatic carbocycles. The summed E-state index contributed by atoms with van der Waals surface area (Å²) in [5, 5.41) is 3.44. The number of benzene rings is 1. The van der Waals surface area contributed by atoms with E-state index in [1.165, 1.54) is 11.1 Å². The van der Waals surface area contributed by atoms with E-state index in [-0.39, 0.29) is 0 Å². The molecule has 1 N–H and O–H groups in total. The van der Waals surface area contributed by atoms with E-state index < -0.39 is 0 Å². The van der Waals surface area contributed by atoms with Crippen molar-refractivity contribution in [1.29, 1.82) is 0 Å². The molecule has 1 heterocycles. The van der Waals surface area contributed by atoms with Crippen molar-refractivity contribution >= 4 is 0 Å². The standard InChI is InChI=1S/C16H25NO2/c1-3-7-17-10-15-9-13(2)4-5-16(15)19-12-14-6-8-18-11-14/h4-5,9,14,17H,3,6-8,10-12H2,1-2H3. The highest BCUT2D eigenvalue weighted by atomic mass is 16.5. The number of ether oxygens (including phenoxy) is 2. The highest BCUT2D eigenvalue weighted by Gasteiger charge is 2.16. The average Bonchev–Trinajstić information content (AvgIpc) is 2.91. The summed E-state index contributed by atoms with van der Waals surface area (Å²) in [5.41, 5.74) is 2.54. The molecule has 0 amide bonds. The van der Waals surface area contributed by atoms with Crippen LogP contribution >= 0.6 is 0 Å². The van der Waals surface area contributed by atoms with Crippen LogP contribution in [0.5, 0.6) is 5.75 Å². The second-order valence-corrected chi connectivity index (χ2v) is 5.33. The first-order valence-corrected chi connectivity index (χ1v) is 7.30. The van der Waals surface area contributed by atoms with Crippen molar-refractivity contribution in [3.05, 3.63) is 29.3 Å². The number of hydrogen-bond donors (Lipinski definition) is 1. The van der Waals surface area contributed by atoms with Crippen molar-refractivity contribution in [2.45, 2.75) is 33.2 Å². The Morgan fingerprint density at radius 3 is 3.05 bits per heavy atom. The number of rotatable bonds is 7. The van der Waals surface area contributed by atoms with Gasteiger partial charge in [-0.2, -0.15) is 0 Å². The molecule has 0 aliphatic carbocycles. The van der Waals surface area contributed by atoms with E-state index in [2.05, 4.69) is 37.4 Å². The molecule has 3 nitrogen and oxygen atoms in total. The molecule has 0 saturated carbocycles. The van der Waals surface area contributed by atoms with Crippen LogP contribution in [-0.4, -0.2) is 26.4 Å². The summed E-state index contributed by atoms with van der Waals surface area (Å²) >= 11 is 0. The predicted molar refractivity (Wildman–Crippen MR) is 77.6 cm³/mol. The Morgan fingerprint density at radius 1 is 1.42 bits per heavy atom. The molecule has 106 valence electrons. The van der Waals surface area contributed by atoms with E-state index in [4.69, 9.17) is 9.47 Å². The van der Waals surface area contributed by atoms with Crippen LogP contribution in [0.2, 0.25) is 0 Å². The molecular formula is C16H25NO2. The molecule has 1 atom stereocenters. The first-order chi connectivity index (χ1) is 9.29. The largest absolute Gasteiger partial charge is 0.493 e. The van der Waals surface area contributed by atoms with Crippen LogP contribution in [0.25, 0.3) is 0 Å². The molecule has 1 unspecified atom stereocenters. The number of nitrogens with one attached hydrogen (secondary N) is 1. The molecule has 19 heavy (non-hydrogen) atoms. The van der Waals surface area contributed by atoms with Crippen LogP contribution < -0.4 is 10.1 Å². The van der Waals surface area contributed by atoms with Crippen LogP contribution in [0, 0.1) is 12.8 Å². The smallest absolute Gasteiger partial charge is 0.123 e. The summed E-state index contributed by atoms with van der Waals surface area (Å²) in [7, 11) is 0. The first kappa shape index (κ1) is 14.4. The lowest BCUT2D eigenvalue weighted by atomic mass is 10.1. The minimum absolute atomic E-state index is 0.553. The SMILES string of the molecule is CCCNCc1cc(C)ccc1OCC1CCOC1. The second-order valence-electron chi connectivity index (χ2n) is 5.33. The zero-order chi connectivity index (χ0) is 13.5. The van der Waals surface area contributed by atoms with Gasteiger partial charge >= 0.3 is 0 Å². The third-order valence-electron chi connectivity index (χ3n) is 3.46. The van der Waals surface area contributed by atoms with Crippen LogP contribution in [0.1, 0.15) is 30.9 Å². The maximum Gasteiger partial charge on any atom is 0.123 e. The van der Waals surface area contributed by atoms with Gasteiger partial charge in [0.05, 0.1) is 13.2 Å². The van der Waals surface area contributed by atoms with Gasteiger partial charge in [0.1, 0.15) is 5.75 Å². The molecule has 1 aliphatic rings. The van der Waals surface area contributed by atoms with Gasteiger partial charge in [-0.25, -0.2) is 0 Å². The van der Waals surface area contributed by atoms with E-state index in [9.17, 15) is 0 Å². The Hall–Kier alpha value is -1.06. The van der Waals surface area contributed by atoms with E-state index in [0.29, 0.717) is 5.92 Å². The summed E-state index contributed by atoms with van der Waals surface area (Å²) in [6.45, 7) is 8.72. The Bertz CT molecular complexity index is 386. The monoisotopic (exact) mass is 263 g/mol. The molecule has 0 bridgehead atoms. The highest BCUT2D eigenvalue weighted by Crippen LogP contribution is 2.22. The summed E-state index contributed by atoms with van der Waals surface area (Å²) in [5.74, 6) is 1.57. The Morgan fingerprint density at radius 2 is 2.32 bits per heavy atom. The van der Waals surface area contributed by atoms with Gasteiger partial charge < -0.3 is 14.8 Å². The Balaban J connectivity index is 1.92. The van der Waals surface area contributed by atoms with Gasteiger partial charge in [-0.3, -0.25) is 0 Å². The van der Waals surface area contributed by atoms with Gasteiger partial charge in [0.2, 0.25) is 0 Å². The quantitative estimate of drug-likeness (QED) is 0.767. The maximum atomic E-state index is 5.99. The van der Waals surface area contributed by atoms with Crippen molar-refractivity contribution in [2.24, 2.45) is 5.92 Å². The van der Waals surface area contributed by atoms with Crippen LogP contribution in [0.3, 0.4) is 0 Å². The molecule has 0 spiro atoms. The lowest BCUT2D eigenvalue weighted by molar-refractivity contribution is 0.166. The zero-order valence-electron chi connectivity index (χ0n) is 12.1. The van der Waals surface area contributed by atoms with Crippen LogP contribution in [-0.2, 0) is 11.3 Å². The highest BCUT2D eigenvalue weighted by molar-refractivity contribution is 5.36. The number of aryl methyl sites for hydroxylation is 1. The molecule has 3 heteroatoms. The molecule has 1 saturated heterocycles. The summed E-state index contributed by atoms with van der Waals surface area (Å²) in [4.78, 5) is 0. The fourth-order valence-electron chi connectivity index (χ4n) is 2.31. The summed E-state index contributed by atoms with van der Waals surface area (Å²) in [6.07, 6.45) is 2.27. The molecule has 1 aromatic rings. The maximum absolute atomic E-state index is 5.99. The predicted octanol–water partition coefficient (Wildman–Crippen LogP) is 2.91. The van der Waals surface area contributed by atoms with Gasteiger partial charge in [-0.15, -0.1) is 0 Å². The van der Waals surface area contributed by atoms with E-state index in [1.807, 2.05) is 0 Å². The summed E-state index contributed by atoms with van der Waals surface area (Å²) < 4.78 is 11.4. The van der Waals surface area contributed by atoms with E-state index >= 15 is 0 Å². The van der Waals surface area contributed by atoms with Gasteiger partial charge in [-0.1, -0.05) is 24.6 Å². The van der Waals surface area contributed by atoms with Crippen molar-refractivity contribution in [3.8, 4) is 5.75 Å². The van der Waals surface area contributed by atoms with Gasteiger partial charge in [0, 0.05) is 24.6 Å². The third-order valence-corrected chi connectivity index (χ3v) is 3.46. The molecule has 1 fully saturated rings. The molecule has 1 aliphatic heterocycles. The third kappa shape index (κ3) is 4.51. The van der Waals surface area contributed by atoms with Crippen LogP contribution in [0.15, 0.2) is 18.2 Å². The summed E-state index contributed by atoms with van der Waals surface area (Å²) in [6, 6.07) is 6.42. The molecule has 0 aromatic heterocycles. The fourth-order valence-corrected chi connectivity index (χ4v) is 2.31. The van der Waals surface area contributed by atoms with E-state index in [0.717, 1.165) is 51.5 Å². The zero-order valence-corrected chi connectivity index (χ0v) is 12.1. The first-order valence-electron chi connectivity index (χ1n) is 7.30. The Labute approximate surface area is 116 Å². The second kappa shape index (κ2) is 7.51. The van der Waals surface area contributed by atoms with Gasteiger partial charge in [0.25, 0.3) is 0 Å². The normalized spacial score (nSPS) is 18.7. The van der Waals surface area contributed by atoms with Gasteiger partial charge in [0.15, 0.2) is 0 Å². The lowest BCUT2D eigenvalue weighted by Gasteiger charge is -2.15. The van der Waals surface area contributed by atoms with Crippen molar-refractivity contribution < 1.29 is 9.47 Å². The average molecular weight is 263 g/mol. The van der Waals surface area contributed by atoms with Crippen molar-refractivity contribution in [2.75, 3.05) is 26.4 Å². The van der Waals surface area contributed by atoms with Crippen molar-refractivity contribution in [3.63, 3.8) is 0 Å².